The molecule has 1 aliphatic rings. The number of hydrogen-bond donors (Lipinski definition) is 2. The minimum atomic E-state index is -4.13. The van der Waals surface area contributed by atoms with Crippen LogP contribution in [0.25, 0.3) is 0 Å². The van der Waals surface area contributed by atoms with Gasteiger partial charge in [-0.2, -0.15) is 13.2 Å². The van der Waals surface area contributed by atoms with E-state index < -0.39 is 12.7 Å². The summed E-state index contributed by atoms with van der Waals surface area (Å²) in [5.41, 5.74) is 0. The van der Waals surface area contributed by atoms with Gasteiger partial charge in [0.1, 0.15) is 0 Å². The van der Waals surface area contributed by atoms with Gasteiger partial charge in [-0.05, 0) is 53.6 Å². The van der Waals surface area contributed by atoms with Crippen molar-refractivity contribution in [1.29, 1.82) is 0 Å². The number of hydrogen-bond acceptors (Lipinski definition) is 3. The highest BCUT2D eigenvalue weighted by Gasteiger charge is 2.34. The molecule has 1 heterocycles. The largest absolute Gasteiger partial charge is 0.401 e. The van der Waals surface area contributed by atoms with Crippen LogP contribution in [-0.4, -0.2) is 80.3 Å². The van der Waals surface area contributed by atoms with E-state index in [0.29, 0.717) is 31.5 Å². The number of nitrogens with one attached hydrogen (secondary N) is 2. The molecule has 1 atom stereocenters. The summed E-state index contributed by atoms with van der Waals surface area (Å²) in [4.78, 5) is 8.31. The molecule has 0 aromatic heterocycles. The van der Waals surface area contributed by atoms with Crippen molar-refractivity contribution in [3.63, 3.8) is 0 Å². The molecule has 1 unspecified atom stereocenters. The first-order chi connectivity index (χ1) is 11.7. The summed E-state index contributed by atoms with van der Waals surface area (Å²) in [5.74, 6) is 0.707. The standard InChI is InChI=1S/C17H34F3N5/c1-5-21-16(22-9-6-7-10-24(4)14(2)3)23-15-8-11-25(12-15)13-17(18,19)20/h14-15H,5-13H2,1-4H3,(H2,21,22,23). The van der Waals surface area contributed by atoms with E-state index in [1.807, 2.05) is 6.92 Å². The molecular formula is C17H34F3N5. The SMILES string of the molecule is CCNC(=NCCCCN(C)C(C)C)NC1CCN(CC(F)(F)F)C1. The molecule has 0 aliphatic carbocycles. The number of rotatable bonds is 9. The number of halogens is 3. The fourth-order valence-corrected chi connectivity index (χ4v) is 2.78. The zero-order valence-corrected chi connectivity index (χ0v) is 16.0. The summed E-state index contributed by atoms with van der Waals surface area (Å²) in [7, 11) is 2.12. The van der Waals surface area contributed by atoms with Crippen LogP contribution in [0.2, 0.25) is 0 Å². The lowest BCUT2D eigenvalue weighted by molar-refractivity contribution is -0.143. The van der Waals surface area contributed by atoms with Crippen LogP contribution < -0.4 is 10.6 Å². The summed E-state index contributed by atoms with van der Waals surface area (Å²) in [6.45, 7) is 8.89. The molecule has 0 bridgehead atoms. The van der Waals surface area contributed by atoms with Crippen molar-refractivity contribution in [1.82, 2.24) is 20.4 Å². The van der Waals surface area contributed by atoms with Gasteiger partial charge in [-0.1, -0.05) is 0 Å². The topological polar surface area (TPSA) is 42.9 Å². The van der Waals surface area contributed by atoms with Crippen molar-refractivity contribution in [3.05, 3.63) is 0 Å². The molecule has 1 fully saturated rings. The Labute approximate surface area is 150 Å². The quantitative estimate of drug-likeness (QED) is 0.374. The highest BCUT2D eigenvalue weighted by molar-refractivity contribution is 5.80. The molecule has 1 saturated heterocycles. The van der Waals surface area contributed by atoms with Crippen LogP contribution in [0.15, 0.2) is 4.99 Å². The van der Waals surface area contributed by atoms with Crippen molar-refractivity contribution in [2.24, 2.45) is 4.99 Å². The Kier molecular flexibility index (Phi) is 9.56. The lowest BCUT2D eigenvalue weighted by Crippen LogP contribution is -2.45. The number of aliphatic imine (C=N–C) groups is 1. The average Bonchev–Trinajstić information content (AvgIpc) is 2.91. The summed E-state index contributed by atoms with van der Waals surface area (Å²) in [6, 6.07) is 0.566. The first kappa shape index (κ1) is 22.0. The van der Waals surface area contributed by atoms with E-state index in [1.165, 1.54) is 4.90 Å². The molecule has 0 spiro atoms. The molecule has 0 amide bonds. The van der Waals surface area contributed by atoms with Gasteiger partial charge in [0.25, 0.3) is 0 Å². The van der Waals surface area contributed by atoms with E-state index in [1.54, 1.807) is 0 Å². The number of likely N-dealkylation sites (tertiary alicyclic amines) is 1. The Morgan fingerprint density at radius 1 is 1.32 bits per heavy atom. The first-order valence-corrected chi connectivity index (χ1v) is 9.25. The van der Waals surface area contributed by atoms with E-state index in [9.17, 15) is 13.2 Å². The Balaban J connectivity index is 2.34. The molecule has 0 saturated carbocycles. The van der Waals surface area contributed by atoms with E-state index in [-0.39, 0.29) is 6.04 Å². The van der Waals surface area contributed by atoms with Gasteiger partial charge in [-0.3, -0.25) is 9.89 Å². The number of alkyl halides is 3. The molecule has 25 heavy (non-hydrogen) atoms. The summed E-state index contributed by atoms with van der Waals surface area (Å²) >= 11 is 0. The van der Waals surface area contributed by atoms with E-state index >= 15 is 0 Å². The Morgan fingerprint density at radius 2 is 2.04 bits per heavy atom. The average molecular weight is 365 g/mol. The van der Waals surface area contributed by atoms with Gasteiger partial charge in [0, 0.05) is 38.3 Å². The highest BCUT2D eigenvalue weighted by atomic mass is 19.4. The molecule has 148 valence electrons. The molecule has 2 N–H and O–H groups in total. The maximum absolute atomic E-state index is 12.5. The van der Waals surface area contributed by atoms with Crippen molar-refractivity contribution < 1.29 is 13.2 Å². The predicted molar refractivity (Wildman–Crippen MR) is 97.0 cm³/mol. The third-order valence-corrected chi connectivity index (χ3v) is 4.43. The number of nitrogens with zero attached hydrogens (tertiary/aromatic N) is 3. The van der Waals surface area contributed by atoms with Crippen molar-refractivity contribution in [2.45, 2.75) is 58.3 Å². The van der Waals surface area contributed by atoms with Crippen LogP contribution in [0.4, 0.5) is 13.2 Å². The van der Waals surface area contributed by atoms with Crippen molar-refractivity contribution >= 4 is 5.96 Å². The van der Waals surface area contributed by atoms with Crippen LogP contribution in [0.1, 0.15) is 40.0 Å². The summed E-state index contributed by atoms with van der Waals surface area (Å²) in [6.07, 6.45) is -1.34. The van der Waals surface area contributed by atoms with Gasteiger partial charge in [0.2, 0.25) is 0 Å². The van der Waals surface area contributed by atoms with Crippen LogP contribution in [-0.2, 0) is 0 Å². The summed E-state index contributed by atoms with van der Waals surface area (Å²) in [5, 5.41) is 6.45. The third kappa shape index (κ3) is 9.89. The Morgan fingerprint density at radius 3 is 2.64 bits per heavy atom. The van der Waals surface area contributed by atoms with Crippen molar-refractivity contribution in [2.75, 3.05) is 46.3 Å². The minimum absolute atomic E-state index is 0.0206. The lowest BCUT2D eigenvalue weighted by Gasteiger charge is -2.21. The Hall–Kier alpha value is -1.02. The van der Waals surface area contributed by atoms with Crippen LogP contribution in [0.5, 0.6) is 0 Å². The second-order valence-electron chi connectivity index (χ2n) is 7.02. The molecule has 5 nitrogen and oxygen atoms in total. The number of unbranched alkanes of at least 4 members (excludes halogenated alkanes) is 1. The predicted octanol–water partition coefficient (Wildman–Crippen LogP) is 2.30. The Bertz CT molecular complexity index is 398. The summed E-state index contributed by atoms with van der Waals surface area (Å²) < 4.78 is 37.4. The maximum Gasteiger partial charge on any atom is 0.401 e. The van der Waals surface area contributed by atoms with Gasteiger partial charge in [0.15, 0.2) is 5.96 Å². The molecule has 0 aromatic carbocycles. The monoisotopic (exact) mass is 365 g/mol. The smallest absolute Gasteiger partial charge is 0.357 e. The number of guanidine groups is 1. The molecule has 1 rings (SSSR count). The molecule has 0 aromatic rings. The third-order valence-electron chi connectivity index (χ3n) is 4.43. The fourth-order valence-electron chi connectivity index (χ4n) is 2.78. The van der Waals surface area contributed by atoms with E-state index in [2.05, 4.69) is 41.4 Å². The van der Waals surface area contributed by atoms with E-state index in [0.717, 1.165) is 32.5 Å². The zero-order chi connectivity index (χ0) is 18.9. The van der Waals surface area contributed by atoms with Crippen LogP contribution in [0.3, 0.4) is 0 Å². The van der Waals surface area contributed by atoms with Gasteiger partial charge in [-0.25, -0.2) is 0 Å². The lowest BCUT2D eigenvalue weighted by atomic mass is 10.2. The van der Waals surface area contributed by atoms with Gasteiger partial charge >= 0.3 is 6.18 Å². The molecule has 1 aliphatic heterocycles. The van der Waals surface area contributed by atoms with Crippen LogP contribution in [0, 0.1) is 0 Å². The molecular weight excluding hydrogens is 331 g/mol. The van der Waals surface area contributed by atoms with Gasteiger partial charge in [0.05, 0.1) is 6.54 Å². The normalized spacial score (nSPS) is 19.9. The van der Waals surface area contributed by atoms with Gasteiger partial charge in [-0.15, -0.1) is 0 Å². The second kappa shape index (κ2) is 10.9. The van der Waals surface area contributed by atoms with E-state index in [4.69, 9.17) is 0 Å². The van der Waals surface area contributed by atoms with Crippen LogP contribution >= 0.6 is 0 Å². The fraction of sp³-hybridized carbons (Fsp3) is 0.941. The maximum atomic E-state index is 12.5. The second-order valence-corrected chi connectivity index (χ2v) is 7.02. The minimum Gasteiger partial charge on any atom is -0.357 e. The highest BCUT2D eigenvalue weighted by Crippen LogP contribution is 2.19. The molecule has 0 radical (unpaired) electrons. The zero-order valence-electron chi connectivity index (χ0n) is 16.0. The van der Waals surface area contributed by atoms with Crippen molar-refractivity contribution in [3.8, 4) is 0 Å². The first-order valence-electron chi connectivity index (χ1n) is 9.25. The van der Waals surface area contributed by atoms with Gasteiger partial charge < -0.3 is 15.5 Å². The molecule has 8 heteroatoms.